The van der Waals surface area contributed by atoms with Crippen molar-refractivity contribution in [3.63, 3.8) is 0 Å². The minimum Gasteiger partial charge on any atom is -0.322 e. The van der Waals surface area contributed by atoms with Gasteiger partial charge in [-0.25, -0.2) is 0 Å². The molecule has 0 aliphatic heterocycles. The van der Waals surface area contributed by atoms with Gasteiger partial charge in [0.2, 0.25) is 0 Å². The van der Waals surface area contributed by atoms with Gasteiger partial charge in [-0.1, -0.05) is 33.6 Å². The maximum Gasteiger partial charge on any atom is 0.255 e. The lowest BCUT2D eigenvalue weighted by Gasteiger charge is -2.10. The molecule has 2 aromatic carbocycles. The van der Waals surface area contributed by atoms with Crippen LogP contribution in [0.5, 0.6) is 0 Å². The maximum absolute atomic E-state index is 12.2. The highest BCUT2D eigenvalue weighted by Crippen LogP contribution is 2.25. The Morgan fingerprint density at radius 1 is 1.05 bits per heavy atom. The van der Waals surface area contributed by atoms with Crippen LogP contribution in [0.4, 0.5) is 5.69 Å². The van der Waals surface area contributed by atoms with E-state index in [1.807, 2.05) is 57.2 Å². The van der Waals surface area contributed by atoms with Crippen LogP contribution in [0, 0.1) is 20.8 Å². The molecule has 0 fully saturated rings. The van der Waals surface area contributed by atoms with Gasteiger partial charge in [0.15, 0.2) is 0 Å². The second-order valence-corrected chi connectivity index (χ2v) is 5.54. The van der Waals surface area contributed by atoms with Gasteiger partial charge in [-0.05, 0) is 56.2 Å². The Hall–Kier alpha value is -1.61. The zero-order chi connectivity index (χ0) is 14.0. The first kappa shape index (κ1) is 13.8. The standard InChI is InChI=1S/C16H16BrNO/c1-10-5-4-6-13(7-10)16(19)18-14-8-11(2)15(17)12(3)9-14/h4-9H,1-3H3,(H,18,19). The van der Waals surface area contributed by atoms with Crippen LogP contribution in [0.25, 0.3) is 0 Å². The summed E-state index contributed by atoms with van der Waals surface area (Å²) in [6.07, 6.45) is 0. The molecule has 0 atom stereocenters. The number of amides is 1. The SMILES string of the molecule is Cc1cccc(C(=O)Nc2cc(C)c(Br)c(C)c2)c1. The van der Waals surface area contributed by atoms with Crippen molar-refractivity contribution in [1.82, 2.24) is 0 Å². The van der Waals surface area contributed by atoms with Crippen molar-refractivity contribution in [2.75, 3.05) is 5.32 Å². The lowest BCUT2D eigenvalue weighted by Crippen LogP contribution is -2.12. The van der Waals surface area contributed by atoms with E-state index in [0.29, 0.717) is 5.56 Å². The van der Waals surface area contributed by atoms with Gasteiger partial charge >= 0.3 is 0 Å². The van der Waals surface area contributed by atoms with Crippen LogP contribution in [0.3, 0.4) is 0 Å². The molecule has 1 amide bonds. The summed E-state index contributed by atoms with van der Waals surface area (Å²) in [5.41, 5.74) is 4.80. The van der Waals surface area contributed by atoms with Gasteiger partial charge in [0, 0.05) is 15.7 Å². The molecule has 2 nitrogen and oxygen atoms in total. The molecule has 0 aromatic heterocycles. The highest BCUT2D eigenvalue weighted by atomic mass is 79.9. The maximum atomic E-state index is 12.2. The zero-order valence-electron chi connectivity index (χ0n) is 11.3. The molecule has 0 saturated heterocycles. The van der Waals surface area contributed by atoms with Crippen molar-refractivity contribution in [3.8, 4) is 0 Å². The molecule has 1 N–H and O–H groups in total. The number of nitrogens with one attached hydrogen (secondary N) is 1. The largest absolute Gasteiger partial charge is 0.322 e. The molecule has 19 heavy (non-hydrogen) atoms. The zero-order valence-corrected chi connectivity index (χ0v) is 12.8. The summed E-state index contributed by atoms with van der Waals surface area (Å²) in [7, 11) is 0. The molecule has 2 aromatic rings. The first-order chi connectivity index (χ1) is 8.97. The highest BCUT2D eigenvalue weighted by molar-refractivity contribution is 9.10. The molecule has 3 heteroatoms. The van der Waals surface area contributed by atoms with Crippen molar-refractivity contribution < 1.29 is 4.79 Å². The topological polar surface area (TPSA) is 29.1 Å². The molecule has 2 rings (SSSR count). The van der Waals surface area contributed by atoms with Gasteiger partial charge in [0.25, 0.3) is 5.91 Å². The lowest BCUT2D eigenvalue weighted by molar-refractivity contribution is 0.102. The van der Waals surface area contributed by atoms with Gasteiger partial charge in [0.05, 0.1) is 0 Å². The Balaban J connectivity index is 2.24. The van der Waals surface area contributed by atoms with Crippen molar-refractivity contribution >= 4 is 27.5 Å². The molecule has 98 valence electrons. The average molecular weight is 318 g/mol. The first-order valence-electron chi connectivity index (χ1n) is 6.12. The summed E-state index contributed by atoms with van der Waals surface area (Å²) >= 11 is 3.52. The van der Waals surface area contributed by atoms with E-state index >= 15 is 0 Å². The Labute approximate surface area is 122 Å². The molecule has 0 radical (unpaired) electrons. The second-order valence-electron chi connectivity index (χ2n) is 4.75. The number of hydrogen-bond donors (Lipinski definition) is 1. The third kappa shape index (κ3) is 3.24. The van der Waals surface area contributed by atoms with Crippen LogP contribution < -0.4 is 5.32 Å². The summed E-state index contributed by atoms with van der Waals surface area (Å²) in [4.78, 5) is 12.2. The van der Waals surface area contributed by atoms with Crippen LogP contribution in [0.1, 0.15) is 27.0 Å². The second kappa shape index (κ2) is 5.57. The minimum absolute atomic E-state index is 0.0789. The van der Waals surface area contributed by atoms with E-state index < -0.39 is 0 Å². The van der Waals surface area contributed by atoms with Crippen LogP contribution >= 0.6 is 15.9 Å². The number of benzene rings is 2. The van der Waals surface area contributed by atoms with E-state index in [0.717, 1.165) is 26.9 Å². The van der Waals surface area contributed by atoms with Crippen molar-refractivity contribution in [3.05, 3.63) is 63.1 Å². The molecular formula is C16H16BrNO. The number of rotatable bonds is 2. The number of hydrogen-bond acceptors (Lipinski definition) is 1. The summed E-state index contributed by atoms with van der Waals surface area (Å²) < 4.78 is 1.08. The van der Waals surface area contributed by atoms with Gasteiger partial charge < -0.3 is 5.32 Å². The Morgan fingerprint density at radius 3 is 2.26 bits per heavy atom. The van der Waals surface area contributed by atoms with Crippen LogP contribution in [-0.2, 0) is 0 Å². The quantitative estimate of drug-likeness (QED) is 0.859. The van der Waals surface area contributed by atoms with Gasteiger partial charge in [0.1, 0.15) is 0 Å². The lowest BCUT2D eigenvalue weighted by atomic mass is 10.1. The number of halogens is 1. The van der Waals surface area contributed by atoms with Crippen molar-refractivity contribution in [2.24, 2.45) is 0 Å². The number of carbonyl (C=O) groups is 1. The van der Waals surface area contributed by atoms with Crippen LogP contribution in [0.15, 0.2) is 40.9 Å². The van der Waals surface area contributed by atoms with Gasteiger partial charge in [-0.15, -0.1) is 0 Å². The highest BCUT2D eigenvalue weighted by Gasteiger charge is 2.08. The van der Waals surface area contributed by atoms with E-state index in [4.69, 9.17) is 0 Å². The minimum atomic E-state index is -0.0789. The molecule has 0 unspecified atom stereocenters. The molecule has 0 spiro atoms. The van der Waals surface area contributed by atoms with E-state index in [9.17, 15) is 4.79 Å². The number of aryl methyl sites for hydroxylation is 3. The summed E-state index contributed by atoms with van der Waals surface area (Å²) in [5, 5.41) is 2.93. The van der Waals surface area contributed by atoms with E-state index in [1.54, 1.807) is 0 Å². The fourth-order valence-corrected chi connectivity index (χ4v) is 2.24. The normalized spacial score (nSPS) is 10.3. The molecular weight excluding hydrogens is 302 g/mol. The van der Waals surface area contributed by atoms with Crippen LogP contribution in [0.2, 0.25) is 0 Å². The smallest absolute Gasteiger partial charge is 0.255 e. The van der Waals surface area contributed by atoms with Gasteiger partial charge in [-0.2, -0.15) is 0 Å². The third-order valence-electron chi connectivity index (χ3n) is 2.97. The van der Waals surface area contributed by atoms with E-state index in [1.165, 1.54) is 0 Å². The average Bonchev–Trinajstić information content (AvgIpc) is 2.36. The Kier molecular flexibility index (Phi) is 4.05. The number of carbonyl (C=O) groups excluding carboxylic acids is 1. The molecule has 0 saturated carbocycles. The van der Waals surface area contributed by atoms with E-state index in [-0.39, 0.29) is 5.91 Å². The van der Waals surface area contributed by atoms with Gasteiger partial charge in [-0.3, -0.25) is 4.79 Å². The fourth-order valence-electron chi connectivity index (χ4n) is 2.01. The number of anilines is 1. The first-order valence-corrected chi connectivity index (χ1v) is 6.91. The third-order valence-corrected chi connectivity index (χ3v) is 4.23. The Morgan fingerprint density at radius 2 is 1.68 bits per heavy atom. The summed E-state index contributed by atoms with van der Waals surface area (Å²) in [5.74, 6) is -0.0789. The molecule has 0 bridgehead atoms. The van der Waals surface area contributed by atoms with Crippen LogP contribution in [-0.4, -0.2) is 5.91 Å². The van der Waals surface area contributed by atoms with E-state index in [2.05, 4.69) is 21.2 Å². The van der Waals surface area contributed by atoms with Crippen molar-refractivity contribution in [2.45, 2.75) is 20.8 Å². The molecule has 0 aliphatic carbocycles. The summed E-state index contributed by atoms with van der Waals surface area (Å²) in [6, 6.07) is 11.5. The fraction of sp³-hybridized carbons (Fsp3) is 0.188. The predicted molar refractivity (Wildman–Crippen MR) is 82.7 cm³/mol. The molecule has 0 aliphatic rings. The Bertz CT molecular complexity index is 611. The van der Waals surface area contributed by atoms with Crippen molar-refractivity contribution in [1.29, 1.82) is 0 Å². The predicted octanol–water partition coefficient (Wildman–Crippen LogP) is 4.63. The monoisotopic (exact) mass is 317 g/mol. The molecule has 0 heterocycles. The summed E-state index contributed by atoms with van der Waals surface area (Å²) in [6.45, 7) is 6.00.